The van der Waals surface area contributed by atoms with Gasteiger partial charge in [-0.15, -0.1) is 0 Å². The number of unbranched alkanes of at least 4 members (excludes halogenated alkanes) is 3. The first-order valence-electron chi connectivity index (χ1n) is 6.84. The third kappa shape index (κ3) is 3.84. The van der Waals surface area contributed by atoms with Crippen molar-refractivity contribution in [2.24, 2.45) is 0 Å². The first-order valence-corrected chi connectivity index (χ1v) is 6.84. The van der Waals surface area contributed by atoms with E-state index < -0.39 is 0 Å². The molecule has 104 valence electrons. The Hall–Kier alpha value is -1.78. The van der Waals surface area contributed by atoms with Gasteiger partial charge in [0.1, 0.15) is 0 Å². The van der Waals surface area contributed by atoms with Crippen LogP contribution < -0.4 is 4.74 Å². The zero-order valence-electron chi connectivity index (χ0n) is 11.6. The number of nitrogens with zero attached hydrogens (tertiary/aromatic N) is 3. The highest BCUT2D eigenvalue weighted by Gasteiger charge is 2.17. The van der Waals surface area contributed by atoms with E-state index in [9.17, 15) is 0 Å². The van der Waals surface area contributed by atoms with Crippen LogP contribution in [0.2, 0.25) is 0 Å². The van der Waals surface area contributed by atoms with Crippen LogP contribution >= 0.6 is 0 Å². The van der Waals surface area contributed by atoms with Gasteiger partial charge in [0.15, 0.2) is 5.69 Å². The summed E-state index contributed by atoms with van der Waals surface area (Å²) in [4.78, 5) is 2.08. The smallest absolute Gasteiger partial charge is 0.283 e. The Balaban J connectivity index is 1.91. The maximum atomic E-state index is 5.66. The minimum absolute atomic E-state index is 0.506. The number of likely N-dealkylation sites (N-methyl/N-ethyl adjacent to an activating group) is 1. The number of hydrogen-bond donors (Lipinski definition) is 0. The second-order valence-electron chi connectivity index (χ2n) is 4.78. The molecule has 1 aromatic heterocycles. The number of rotatable bonds is 7. The quantitative estimate of drug-likeness (QED) is 0.708. The lowest BCUT2D eigenvalue weighted by atomic mass is 10.1. The van der Waals surface area contributed by atoms with Crippen LogP contribution in [0.3, 0.4) is 0 Å². The molecule has 0 spiro atoms. The Labute approximate surface area is 113 Å². The summed E-state index contributed by atoms with van der Waals surface area (Å²) < 4.78 is 10.5. The molecule has 0 aromatic carbocycles. The monoisotopic (exact) mass is 263 g/mol. The van der Waals surface area contributed by atoms with Crippen molar-refractivity contribution in [1.82, 2.24) is 15.2 Å². The Morgan fingerprint density at radius 1 is 1.32 bits per heavy atom. The Kier molecular flexibility index (Phi) is 5.01. The van der Waals surface area contributed by atoms with Crippen LogP contribution in [0.4, 0.5) is 0 Å². The van der Waals surface area contributed by atoms with Crippen LogP contribution in [0.5, 0.6) is 5.88 Å². The second kappa shape index (κ2) is 6.97. The molecule has 2 heterocycles. The van der Waals surface area contributed by atoms with Gasteiger partial charge in [0, 0.05) is 19.2 Å². The van der Waals surface area contributed by atoms with Gasteiger partial charge in [0.25, 0.3) is 5.88 Å². The minimum atomic E-state index is 0.506. The maximum Gasteiger partial charge on any atom is 0.283 e. The molecule has 0 aliphatic carbocycles. The SMILES string of the molecule is CCCCCCOc1nonc1C1=CC=CN(C)C1. The fraction of sp³-hybridized carbons (Fsp3) is 0.571. The fourth-order valence-electron chi connectivity index (χ4n) is 2.00. The molecule has 1 aromatic rings. The van der Waals surface area contributed by atoms with Crippen molar-refractivity contribution in [2.45, 2.75) is 32.6 Å². The molecular formula is C14H21N3O2. The van der Waals surface area contributed by atoms with E-state index in [1.165, 1.54) is 19.3 Å². The highest BCUT2D eigenvalue weighted by molar-refractivity contribution is 5.69. The van der Waals surface area contributed by atoms with E-state index in [2.05, 4.69) is 22.1 Å². The van der Waals surface area contributed by atoms with Crippen LogP contribution in [0.1, 0.15) is 38.3 Å². The molecule has 0 fully saturated rings. The van der Waals surface area contributed by atoms with Gasteiger partial charge in [-0.2, -0.15) is 0 Å². The molecule has 2 rings (SSSR count). The number of allylic oxidation sites excluding steroid dienone is 2. The first kappa shape index (κ1) is 13.6. The molecule has 5 heteroatoms. The van der Waals surface area contributed by atoms with Gasteiger partial charge in [-0.25, -0.2) is 4.63 Å². The van der Waals surface area contributed by atoms with E-state index >= 15 is 0 Å². The molecule has 0 saturated heterocycles. The Bertz CT molecular complexity index is 451. The zero-order chi connectivity index (χ0) is 13.5. The van der Waals surface area contributed by atoms with Crippen LogP contribution in [0, 0.1) is 0 Å². The van der Waals surface area contributed by atoms with E-state index in [1.54, 1.807) is 0 Å². The summed E-state index contributed by atoms with van der Waals surface area (Å²) in [5, 5.41) is 7.79. The Morgan fingerprint density at radius 3 is 3.00 bits per heavy atom. The van der Waals surface area contributed by atoms with Gasteiger partial charge in [-0.3, -0.25) is 0 Å². The second-order valence-corrected chi connectivity index (χ2v) is 4.78. The van der Waals surface area contributed by atoms with E-state index in [4.69, 9.17) is 9.37 Å². The summed E-state index contributed by atoms with van der Waals surface area (Å²) in [5.41, 5.74) is 1.78. The average Bonchev–Trinajstić information content (AvgIpc) is 2.87. The van der Waals surface area contributed by atoms with Gasteiger partial charge in [0.05, 0.1) is 6.61 Å². The van der Waals surface area contributed by atoms with E-state index in [0.717, 1.165) is 18.5 Å². The van der Waals surface area contributed by atoms with Crippen molar-refractivity contribution in [3.63, 3.8) is 0 Å². The van der Waals surface area contributed by atoms with Gasteiger partial charge >= 0.3 is 0 Å². The molecular weight excluding hydrogens is 242 g/mol. The van der Waals surface area contributed by atoms with Gasteiger partial charge in [-0.1, -0.05) is 32.3 Å². The topological polar surface area (TPSA) is 51.4 Å². The summed E-state index contributed by atoms with van der Waals surface area (Å²) >= 11 is 0. The van der Waals surface area contributed by atoms with Crippen molar-refractivity contribution in [3.05, 3.63) is 24.0 Å². The summed E-state index contributed by atoms with van der Waals surface area (Å²) in [6.45, 7) is 3.65. The largest absolute Gasteiger partial charge is 0.474 e. The van der Waals surface area contributed by atoms with Crippen molar-refractivity contribution >= 4 is 5.57 Å². The highest BCUT2D eigenvalue weighted by Crippen LogP contribution is 2.24. The normalized spacial score (nSPS) is 14.6. The minimum Gasteiger partial charge on any atom is -0.474 e. The molecule has 0 unspecified atom stereocenters. The van der Waals surface area contributed by atoms with Crippen molar-refractivity contribution < 1.29 is 9.37 Å². The molecule has 0 radical (unpaired) electrons. The predicted molar refractivity (Wildman–Crippen MR) is 73.7 cm³/mol. The Morgan fingerprint density at radius 2 is 2.21 bits per heavy atom. The lowest BCUT2D eigenvalue weighted by molar-refractivity contribution is 0.251. The molecule has 5 nitrogen and oxygen atoms in total. The van der Waals surface area contributed by atoms with Crippen LogP contribution in [0.25, 0.3) is 5.57 Å². The van der Waals surface area contributed by atoms with E-state index in [1.807, 2.05) is 25.4 Å². The van der Waals surface area contributed by atoms with Gasteiger partial charge in [0.2, 0.25) is 0 Å². The molecule has 0 atom stereocenters. The molecule has 0 bridgehead atoms. The highest BCUT2D eigenvalue weighted by atomic mass is 16.6. The molecule has 1 aliphatic heterocycles. The van der Waals surface area contributed by atoms with Gasteiger partial charge < -0.3 is 9.64 Å². The third-order valence-electron chi connectivity index (χ3n) is 3.06. The van der Waals surface area contributed by atoms with Crippen LogP contribution in [0.15, 0.2) is 23.0 Å². The first-order chi connectivity index (χ1) is 9.31. The van der Waals surface area contributed by atoms with Crippen LogP contribution in [-0.2, 0) is 0 Å². The summed E-state index contributed by atoms with van der Waals surface area (Å²) in [6, 6.07) is 0. The summed E-state index contributed by atoms with van der Waals surface area (Å²) in [6.07, 6.45) is 10.7. The number of ether oxygens (including phenoxy) is 1. The van der Waals surface area contributed by atoms with Gasteiger partial charge in [-0.05, 0) is 29.0 Å². The maximum absolute atomic E-state index is 5.66. The van der Waals surface area contributed by atoms with E-state index in [-0.39, 0.29) is 0 Å². The molecule has 0 amide bonds. The number of aromatic nitrogens is 2. The third-order valence-corrected chi connectivity index (χ3v) is 3.06. The zero-order valence-corrected chi connectivity index (χ0v) is 11.6. The standard InChI is InChI=1S/C14H21N3O2/c1-3-4-5-6-10-18-14-13(15-19-16-14)12-8-7-9-17(2)11-12/h7-9H,3-6,10-11H2,1-2H3. The molecule has 0 saturated carbocycles. The summed E-state index contributed by atoms with van der Waals surface area (Å²) in [7, 11) is 2.02. The predicted octanol–water partition coefficient (Wildman–Crippen LogP) is 2.87. The van der Waals surface area contributed by atoms with Crippen molar-refractivity contribution in [2.75, 3.05) is 20.2 Å². The van der Waals surface area contributed by atoms with Crippen LogP contribution in [-0.4, -0.2) is 35.4 Å². The lowest BCUT2D eigenvalue weighted by Crippen LogP contribution is -2.16. The molecule has 0 N–H and O–H groups in total. The van der Waals surface area contributed by atoms with E-state index in [0.29, 0.717) is 18.2 Å². The van der Waals surface area contributed by atoms with Crippen molar-refractivity contribution in [1.29, 1.82) is 0 Å². The lowest BCUT2D eigenvalue weighted by Gasteiger charge is -2.18. The fourth-order valence-corrected chi connectivity index (χ4v) is 2.00. The number of hydrogen-bond acceptors (Lipinski definition) is 5. The molecule has 1 aliphatic rings. The molecule has 19 heavy (non-hydrogen) atoms. The average molecular weight is 263 g/mol. The summed E-state index contributed by atoms with van der Waals surface area (Å²) in [5.74, 6) is 0.506. The van der Waals surface area contributed by atoms with Crippen molar-refractivity contribution in [3.8, 4) is 5.88 Å².